The fourth-order valence-electron chi connectivity index (χ4n) is 14.8. The van der Waals surface area contributed by atoms with Crippen LogP contribution in [-0.4, -0.2) is 224 Å². The lowest BCUT2D eigenvalue weighted by Crippen LogP contribution is -2.44. The number of rotatable bonds is 48. The topological polar surface area (TPSA) is 364 Å². The van der Waals surface area contributed by atoms with Crippen LogP contribution in [0.5, 0.6) is 0 Å². The highest BCUT2D eigenvalue weighted by Gasteiger charge is 2.39. The van der Waals surface area contributed by atoms with E-state index >= 15 is 0 Å². The van der Waals surface area contributed by atoms with Gasteiger partial charge in [-0.05, 0) is 89.0 Å². The lowest BCUT2D eigenvalue weighted by Gasteiger charge is -2.31. The smallest absolute Gasteiger partial charge is 0.407 e. The van der Waals surface area contributed by atoms with Gasteiger partial charge in [-0.1, -0.05) is 194 Å². The number of carbonyl (C=O) groups is 12. The van der Waals surface area contributed by atoms with Crippen molar-refractivity contribution in [2.24, 2.45) is 5.41 Å². The number of esters is 8. The van der Waals surface area contributed by atoms with Crippen molar-refractivity contribution in [1.29, 1.82) is 0 Å². The van der Waals surface area contributed by atoms with Gasteiger partial charge >= 0.3 is 72.1 Å². The molecule has 8 aromatic rings. The summed E-state index contributed by atoms with van der Waals surface area (Å²) >= 11 is 4.08. The van der Waals surface area contributed by atoms with Gasteiger partial charge in [0, 0.05) is 46.7 Å². The van der Waals surface area contributed by atoms with Crippen LogP contribution >= 0.6 is 47.0 Å². The van der Waals surface area contributed by atoms with E-state index in [-0.39, 0.29) is 174 Å². The molecule has 32 heteroatoms. The van der Waals surface area contributed by atoms with Gasteiger partial charge < -0.3 is 78.1 Å². The molecule has 0 fully saturated rings. The first-order chi connectivity index (χ1) is 61.0. The molecule has 12 rings (SSSR count). The molecule has 4 amide bonds. The molecule has 8 aromatic carbocycles. The van der Waals surface area contributed by atoms with Crippen molar-refractivity contribution in [2.75, 3.05) is 151 Å². The summed E-state index contributed by atoms with van der Waals surface area (Å²) in [5.74, 6) is -7.28. The van der Waals surface area contributed by atoms with Crippen LogP contribution in [-0.2, 0) is 95.2 Å². The van der Waals surface area contributed by atoms with Gasteiger partial charge in [-0.25, -0.2) is 19.2 Å². The number of alkyl carbamates (subject to hydrolysis) is 4. The first kappa shape index (κ1) is 92.2. The van der Waals surface area contributed by atoms with E-state index < -0.39 is 104 Å². The fraction of sp³-hybridized carbons (Fsp3) is 0.355. The third-order valence-electron chi connectivity index (χ3n) is 20.8. The Morgan fingerprint density at radius 2 is 0.408 bits per heavy atom. The molecule has 4 aliphatic rings. The number of ether oxygens (including phenoxy) is 12. The zero-order valence-corrected chi connectivity index (χ0v) is 71.8. The number of hydrogen-bond donors (Lipinski definition) is 4. The molecule has 0 unspecified atom stereocenters. The SMILES string of the molecule is O=C(CCSCC(=O)OCC(COC(=O)CSCCC(=O)OCCNC(=O)OCC1c2ccccc2-c2ccccc21)(COC(=O)CSCCC(=O)OCCNC(=O)OCC1c2ccccc2-c2ccccc21)COC(=O)CSCCC(=O)OCCNC(=O)OCC1c2ccccc2-c2ccccc21)OCCNC(=O)OCC1c2ccccc2-c2ccccc21. The van der Waals surface area contributed by atoms with Gasteiger partial charge in [0.1, 0.15) is 84.7 Å². The lowest BCUT2D eigenvalue weighted by atomic mass is 9.92. The molecule has 0 saturated carbocycles. The zero-order chi connectivity index (χ0) is 87.5. The maximum atomic E-state index is 13.6. The molecule has 4 aliphatic carbocycles. The van der Waals surface area contributed by atoms with E-state index in [2.05, 4.69) is 21.3 Å². The second-order valence-corrected chi connectivity index (χ2v) is 33.7. The molecule has 125 heavy (non-hydrogen) atoms. The number of fused-ring (bicyclic) bond motifs is 12. The standard InChI is InChI=1S/C93H96N4O24S4/c98-81(110-41-37-94-89(106)114-49-77-69-25-9-1-17-61(69)62-18-2-10-26-70(62)77)33-45-122-53-85(102)118-57-93(58-119-86(103)54-123-46-34-82(99)111-42-38-95-90(107)115-50-78-71-27-11-3-19-63(71)64-20-4-12-28-72(64)78,59-120-87(104)55-124-47-35-83(100)112-43-39-96-91(108)116-51-79-73-29-13-5-21-65(73)66-22-6-14-30-74(66)79)60-121-88(105)56-125-48-36-84(101)113-44-40-97-92(109)117-52-80-75-31-15-7-23-67(75)68-24-8-16-32-76(68)80/h1-32,77-80H,33-60H2,(H,94,106)(H,95,107)(H,96,108)(H,97,109). The van der Waals surface area contributed by atoms with Gasteiger partial charge in [-0.15, -0.1) is 47.0 Å². The highest BCUT2D eigenvalue weighted by molar-refractivity contribution is 8.00. The number of amides is 4. The van der Waals surface area contributed by atoms with Gasteiger partial charge in [0.25, 0.3) is 0 Å². The highest BCUT2D eigenvalue weighted by atomic mass is 32.2. The van der Waals surface area contributed by atoms with Crippen LogP contribution < -0.4 is 21.3 Å². The first-order valence-corrected chi connectivity index (χ1v) is 45.5. The van der Waals surface area contributed by atoms with Gasteiger partial charge in [0.05, 0.1) is 74.9 Å². The van der Waals surface area contributed by atoms with Crippen LogP contribution in [0.15, 0.2) is 194 Å². The molecule has 0 aliphatic heterocycles. The predicted molar refractivity (Wildman–Crippen MR) is 470 cm³/mol. The summed E-state index contributed by atoms with van der Waals surface area (Å²) in [5, 5.41) is 10.4. The minimum absolute atomic E-state index is 0.0362. The largest absolute Gasteiger partial charge is 0.464 e. The van der Waals surface area contributed by atoms with Crippen LogP contribution in [0, 0.1) is 5.41 Å². The third kappa shape index (κ3) is 27.0. The maximum absolute atomic E-state index is 13.6. The van der Waals surface area contributed by atoms with E-state index in [0.29, 0.717) is 0 Å². The Bertz CT molecular complexity index is 4320. The molecule has 0 radical (unpaired) electrons. The Hall–Kier alpha value is -12.0. The van der Waals surface area contributed by atoms with E-state index in [1.54, 1.807) is 0 Å². The monoisotopic (exact) mass is 1780 g/mol. The quantitative estimate of drug-likeness (QED) is 0.0156. The predicted octanol–water partition coefficient (Wildman–Crippen LogP) is 13.0. The average molecular weight is 1780 g/mol. The Morgan fingerprint density at radius 1 is 0.232 bits per heavy atom. The second-order valence-electron chi connectivity index (χ2n) is 29.2. The van der Waals surface area contributed by atoms with E-state index in [4.69, 9.17) is 56.8 Å². The second kappa shape index (κ2) is 47.7. The van der Waals surface area contributed by atoms with E-state index in [1.807, 2.05) is 194 Å². The minimum Gasteiger partial charge on any atom is -0.464 e. The van der Waals surface area contributed by atoms with Crippen molar-refractivity contribution in [3.63, 3.8) is 0 Å². The van der Waals surface area contributed by atoms with Crippen LogP contribution in [0.2, 0.25) is 0 Å². The molecule has 0 saturated heterocycles. The normalized spacial score (nSPS) is 12.5. The Kier molecular flexibility index (Phi) is 35.2. The van der Waals surface area contributed by atoms with Crippen molar-refractivity contribution in [2.45, 2.75) is 49.4 Å². The molecule has 0 aromatic heterocycles. The molecular weight excluding hydrogens is 1690 g/mol. The molecular formula is C93H96N4O24S4. The Balaban J connectivity index is 0.598. The molecule has 0 bridgehead atoms. The zero-order valence-electron chi connectivity index (χ0n) is 68.5. The van der Waals surface area contributed by atoms with Crippen LogP contribution in [0.25, 0.3) is 44.5 Å². The van der Waals surface area contributed by atoms with Crippen molar-refractivity contribution in [3.05, 3.63) is 239 Å². The summed E-state index contributed by atoms with van der Waals surface area (Å²) in [4.78, 5) is 157. The highest BCUT2D eigenvalue weighted by Crippen LogP contribution is 2.48. The van der Waals surface area contributed by atoms with Crippen LogP contribution in [0.4, 0.5) is 19.2 Å². The van der Waals surface area contributed by atoms with Crippen molar-refractivity contribution in [3.8, 4) is 44.5 Å². The van der Waals surface area contributed by atoms with Gasteiger partial charge in [-0.3, -0.25) is 38.4 Å². The molecule has 4 N–H and O–H groups in total. The maximum Gasteiger partial charge on any atom is 0.407 e. The summed E-state index contributed by atoms with van der Waals surface area (Å²) in [6.45, 7) is -3.09. The van der Waals surface area contributed by atoms with Gasteiger partial charge in [0.2, 0.25) is 0 Å². The van der Waals surface area contributed by atoms with Gasteiger partial charge in [-0.2, -0.15) is 0 Å². The third-order valence-corrected chi connectivity index (χ3v) is 24.5. The lowest BCUT2D eigenvalue weighted by molar-refractivity contribution is -0.167. The summed E-state index contributed by atoms with van der Waals surface area (Å²) in [6.07, 6.45) is -3.29. The summed E-state index contributed by atoms with van der Waals surface area (Å²) in [5.41, 5.74) is 15.3. The Labute approximate surface area is 739 Å². The number of thioether (sulfide) groups is 4. The molecule has 0 atom stereocenters. The number of hydrogen-bond acceptors (Lipinski definition) is 28. The van der Waals surface area contributed by atoms with Crippen LogP contribution in [0.1, 0.15) is 93.9 Å². The fourth-order valence-corrected chi connectivity index (χ4v) is 17.6. The van der Waals surface area contributed by atoms with Crippen molar-refractivity contribution in [1.82, 2.24) is 21.3 Å². The molecule has 0 heterocycles. The van der Waals surface area contributed by atoms with Crippen molar-refractivity contribution < 1.29 is 114 Å². The van der Waals surface area contributed by atoms with E-state index in [0.717, 1.165) is 136 Å². The molecule has 0 spiro atoms. The van der Waals surface area contributed by atoms with Crippen LogP contribution in [0.3, 0.4) is 0 Å². The minimum atomic E-state index is -1.79. The Morgan fingerprint density at radius 3 is 0.592 bits per heavy atom. The van der Waals surface area contributed by atoms with Crippen molar-refractivity contribution >= 4 is 119 Å². The van der Waals surface area contributed by atoms with E-state index in [9.17, 15) is 57.5 Å². The first-order valence-electron chi connectivity index (χ1n) is 40.9. The number of nitrogens with one attached hydrogen (secondary N) is 4. The number of benzene rings is 8. The summed E-state index contributed by atoms with van der Waals surface area (Å²) < 4.78 is 66.5. The number of carbonyl (C=O) groups excluding carboxylic acids is 12. The van der Waals surface area contributed by atoms with E-state index in [1.165, 1.54) is 0 Å². The van der Waals surface area contributed by atoms with Gasteiger partial charge in [0.15, 0.2) is 0 Å². The summed E-state index contributed by atoms with van der Waals surface area (Å²) in [7, 11) is 0. The average Bonchev–Trinajstić information content (AvgIpc) is 1.64. The summed E-state index contributed by atoms with van der Waals surface area (Å²) in [6, 6.07) is 63.5. The molecule has 28 nitrogen and oxygen atoms in total. The molecule has 656 valence electrons.